The van der Waals surface area contributed by atoms with Gasteiger partial charge in [0.25, 0.3) is 0 Å². The quantitative estimate of drug-likeness (QED) is 0.866. The Morgan fingerprint density at radius 1 is 1.25 bits per heavy atom. The number of carboxylic acid groups (broad SMARTS) is 1. The number of carboxylic acids is 1. The summed E-state index contributed by atoms with van der Waals surface area (Å²) in [6.45, 7) is 0. The molecule has 0 aliphatic heterocycles. The second kappa shape index (κ2) is 7.03. The van der Waals surface area contributed by atoms with Gasteiger partial charge in [0.2, 0.25) is 5.91 Å². The van der Waals surface area contributed by atoms with Gasteiger partial charge in [0.15, 0.2) is 0 Å². The number of hydrogen-bond donors (Lipinski definition) is 2. The van der Waals surface area contributed by atoms with E-state index in [9.17, 15) is 9.59 Å². The number of rotatable bonds is 5. The van der Waals surface area contributed by atoms with E-state index in [0.717, 1.165) is 6.42 Å². The van der Waals surface area contributed by atoms with Crippen molar-refractivity contribution in [1.29, 1.82) is 0 Å². The van der Waals surface area contributed by atoms with Crippen molar-refractivity contribution >= 4 is 17.6 Å². The molecule has 1 aromatic rings. The Balaban J connectivity index is 1.77. The normalized spacial score (nSPS) is 15.8. The zero-order valence-electron chi connectivity index (χ0n) is 11.5. The van der Waals surface area contributed by atoms with Crippen LogP contribution in [0.1, 0.15) is 55.4 Å². The minimum atomic E-state index is -1.07. The van der Waals surface area contributed by atoms with Gasteiger partial charge in [-0.1, -0.05) is 32.1 Å². The fourth-order valence-electron chi connectivity index (χ4n) is 2.63. The lowest BCUT2D eigenvalue weighted by atomic mass is 9.86. The van der Waals surface area contributed by atoms with Gasteiger partial charge < -0.3 is 10.4 Å². The largest absolute Gasteiger partial charge is 0.477 e. The molecule has 0 saturated heterocycles. The molecule has 0 unspecified atom stereocenters. The zero-order valence-corrected chi connectivity index (χ0v) is 11.5. The van der Waals surface area contributed by atoms with Gasteiger partial charge in [0, 0.05) is 6.42 Å². The minimum absolute atomic E-state index is 0.0230. The average molecular weight is 276 g/mol. The molecule has 5 nitrogen and oxygen atoms in total. The van der Waals surface area contributed by atoms with Gasteiger partial charge in [-0.2, -0.15) is 0 Å². The molecule has 1 saturated carbocycles. The second-order valence-corrected chi connectivity index (χ2v) is 5.33. The number of hydrogen-bond acceptors (Lipinski definition) is 3. The van der Waals surface area contributed by atoms with Gasteiger partial charge >= 0.3 is 5.97 Å². The summed E-state index contributed by atoms with van der Waals surface area (Å²) in [7, 11) is 0. The molecule has 1 heterocycles. The van der Waals surface area contributed by atoms with Crippen LogP contribution in [0.4, 0.5) is 5.69 Å². The number of aromatic nitrogens is 1. The smallest absolute Gasteiger partial charge is 0.354 e. The number of amides is 1. The molecule has 0 aromatic carbocycles. The van der Waals surface area contributed by atoms with Crippen molar-refractivity contribution < 1.29 is 14.7 Å². The van der Waals surface area contributed by atoms with E-state index in [-0.39, 0.29) is 11.6 Å². The number of nitrogens with one attached hydrogen (secondary N) is 1. The lowest BCUT2D eigenvalue weighted by Crippen LogP contribution is -2.15. The van der Waals surface area contributed by atoms with E-state index in [1.165, 1.54) is 44.4 Å². The third-order valence-corrected chi connectivity index (χ3v) is 3.77. The summed E-state index contributed by atoms with van der Waals surface area (Å²) in [4.78, 5) is 26.2. The van der Waals surface area contributed by atoms with Gasteiger partial charge in [0.1, 0.15) is 5.69 Å². The molecule has 1 aromatic heterocycles. The van der Waals surface area contributed by atoms with Gasteiger partial charge in [-0.15, -0.1) is 0 Å². The fraction of sp³-hybridized carbons (Fsp3) is 0.533. The summed E-state index contributed by atoms with van der Waals surface area (Å²) in [5, 5.41) is 11.5. The highest BCUT2D eigenvalue weighted by Crippen LogP contribution is 2.27. The number of nitrogens with zero attached hydrogens (tertiary/aromatic N) is 1. The molecule has 20 heavy (non-hydrogen) atoms. The topological polar surface area (TPSA) is 79.3 Å². The van der Waals surface area contributed by atoms with E-state index in [4.69, 9.17) is 5.11 Å². The van der Waals surface area contributed by atoms with E-state index in [1.807, 2.05) is 0 Å². The summed E-state index contributed by atoms with van der Waals surface area (Å²) in [5.74, 6) is -0.414. The van der Waals surface area contributed by atoms with Crippen LogP contribution in [0.25, 0.3) is 0 Å². The van der Waals surface area contributed by atoms with Crippen LogP contribution in [-0.2, 0) is 4.79 Å². The maximum Gasteiger partial charge on any atom is 0.354 e. The number of carbonyl (C=O) groups is 2. The first-order valence-corrected chi connectivity index (χ1v) is 7.14. The fourth-order valence-corrected chi connectivity index (χ4v) is 2.63. The molecule has 2 N–H and O–H groups in total. The molecule has 0 radical (unpaired) electrons. The number of aromatic carboxylic acids is 1. The Bertz CT molecular complexity index is 465. The summed E-state index contributed by atoms with van der Waals surface area (Å²) in [6, 6.07) is 2.95. The molecule has 5 heteroatoms. The van der Waals surface area contributed by atoms with Crippen molar-refractivity contribution in [3.63, 3.8) is 0 Å². The first kappa shape index (κ1) is 14.5. The van der Waals surface area contributed by atoms with Gasteiger partial charge in [-0.05, 0) is 24.5 Å². The van der Waals surface area contributed by atoms with Crippen molar-refractivity contribution in [2.45, 2.75) is 44.9 Å². The van der Waals surface area contributed by atoms with E-state index < -0.39 is 5.97 Å². The highest BCUT2D eigenvalue weighted by Gasteiger charge is 2.15. The Kier molecular flexibility index (Phi) is 5.09. The van der Waals surface area contributed by atoms with Crippen molar-refractivity contribution in [1.82, 2.24) is 4.98 Å². The number of carbonyl (C=O) groups excluding carboxylic acids is 1. The van der Waals surface area contributed by atoms with Crippen LogP contribution in [0, 0.1) is 5.92 Å². The number of pyridine rings is 1. The van der Waals surface area contributed by atoms with Crippen LogP contribution in [0.5, 0.6) is 0 Å². The van der Waals surface area contributed by atoms with Crippen molar-refractivity contribution in [3.05, 3.63) is 24.0 Å². The maximum absolute atomic E-state index is 11.8. The van der Waals surface area contributed by atoms with Crippen molar-refractivity contribution in [2.24, 2.45) is 5.92 Å². The second-order valence-electron chi connectivity index (χ2n) is 5.33. The van der Waals surface area contributed by atoms with Gasteiger partial charge in [-0.3, -0.25) is 4.79 Å². The third-order valence-electron chi connectivity index (χ3n) is 3.77. The molecule has 108 valence electrons. The highest BCUT2D eigenvalue weighted by atomic mass is 16.4. The predicted octanol–water partition coefficient (Wildman–Crippen LogP) is 3.08. The van der Waals surface area contributed by atoms with Crippen LogP contribution >= 0.6 is 0 Å². The standard InChI is InChI=1S/C15H20N2O3/c18-14(9-6-11-4-2-1-3-5-11)17-12-7-8-13(15(19)20)16-10-12/h7-8,10-11H,1-6,9H2,(H,17,18)(H,19,20). The Morgan fingerprint density at radius 3 is 2.60 bits per heavy atom. The lowest BCUT2D eigenvalue weighted by molar-refractivity contribution is -0.116. The molecule has 1 fully saturated rings. The summed E-state index contributed by atoms with van der Waals surface area (Å²) in [5.41, 5.74) is 0.522. The first-order chi connectivity index (χ1) is 9.65. The molecular formula is C15H20N2O3. The van der Waals surface area contributed by atoms with E-state index in [2.05, 4.69) is 10.3 Å². The van der Waals surface area contributed by atoms with Crippen LogP contribution in [0.2, 0.25) is 0 Å². The van der Waals surface area contributed by atoms with Crippen LogP contribution in [0.3, 0.4) is 0 Å². The summed E-state index contributed by atoms with van der Waals surface area (Å²) >= 11 is 0. The Morgan fingerprint density at radius 2 is 2.00 bits per heavy atom. The Labute approximate surface area is 118 Å². The third kappa shape index (κ3) is 4.33. The molecule has 0 atom stereocenters. The summed E-state index contributed by atoms with van der Waals surface area (Å²) in [6.07, 6.45) is 9.20. The Hall–Kier alpha value is -1.91. The van der Waals surface area contributed by atoms with Gasteiger partial charge in [0.05, 0.1) is 11.9 Å². The average Bonchev–Trinajstić information content (AvgIpc) is 2.47. The molecule has 1 aliphatic carbocycles. The van der Waals surface area contributed by atoms with Crippen LogP contribution < -0.4 is 5.32 Å². The monoisotopic (exact) mass is 276 g/mol. The maximum atomic E-state index is 11.8. The summed E-state index contributed by atoms with van der Waals surface area (Å²) < 4.78 is 0. The molecular weight excluding hydrogens is 256 g/mol. The first-order valence-electron chi connectivity index (χ1n) is 7.14. The minimum Gasteiger partial charge on any atom is -0.477 e. The van der Waals surface area contributed by atoms with E-state index >= 15 is 0 Å². The molecule has 2 rings (SSSR count). The van der Waals surface area contributed by atoms with Crippen LogP contribution in [-0.4, -0.2) is 22.0 Å². The van der Waals surface area contributed by atoms with E-state index in [1.54, 1.807) is 6.07 Å². The lowest BCUT2D eigenvalue weighted by Gasteiger charge is -2.20. The molecule has 1 amide bonds. The molecule has 0 bridgehead atoms. The molecule has 0 spiro atoms. The predicted molar refractivity (Wildman–Crippen MR) is 75.6 cm³/mol. The van der Waals surface area contributed by atoms with Crippen molar-refractivity contribution in [3.8, 4) is 0 Å². The number of anilines is 1. The SMILES string of the molecule is O=C(CCC1CCCCC1)Nc1ccc(C(=O)O)nc1. The zero-order chi connectivity index (χ0) is 14.4. The van der Waals surface area contributed by atoms with E-state index in [0.29, 0.717) is 18.0 Å². The molecule has 1 aliphatic rings. The van der Waals surface area contributed by atoms with Crippen LogP contribution in [0.15, 0.2) is 18.3 Å². The van der Waals surface area contributed by atoms with Crippen molar-refractivity contribution in [2.75, 3.05) is 5.32 Å². The van der Waals surface area contributed by atoms with Gasteiger partial charge in [-0.25, -0.2) is 9.78 Å². The highest BCUT2D eigenvalue weighted by molar-refractivity contribution is 5.91.